The summed E-state index contributed by atoms with van der Waals surface area (Å²) in [5.74, 6) is 0. The lowest BCUT2D eigenvalue weighted by Gasteiger charge is -2.27. The summed E-state index contributed by atoms with van der Waals surface area (Å²) in [6.45, 7) is 10.6. The summed E-state index contributed by atoms with van der Waals surface area (Å²) in [5.41, 5.74) is -1.59. The Hall–Kier alpha value is -0.306. The van der Waals surface area contributed by atoms with E-state index in [1.807, 2.05) is 19.6 Å². The van der Waals surface area contributed by atoms with Gasteiger partial charge in [0.25, 0.3) is 0 Å². The van der Waals surface area contributed by atoms with Gasteiger partial charge in [-0.25, -0.2) is 0 Å². The quantitative estimate of drug-likeness (QED) is 0.434. The van der Waals surface area contributed by atoms with Crippen LogP contribution in [0.1, 0.15) is 0 Å². The first-order chi connectivity index (χ1) is 6.84. The molecular weight excluding hydrogens is 251 g/mol. The Morgan fingerprint density at radius 3 is 1.75 bits per heavy atom. The van der Waals surface area contributed by atoms with Crippen molar-refractivity contribution in [3.8, 4) is 0 Å². The van der Waals surface area contributed by atoms with Crippen LogP contribution < -0.4 is 0 Å². The molecule has 0 heterocycles. The van der Waals surface area contributed by atoms with Gasteiger partial charge in [0.05, 0.1) is 8.07 Å². The minimum atomic E-state index is -4.27. The van der Waals surface area contributed by atoms with Crippen LogP contribution in [0.3, 0.4) is 0 Å². The molecule has 0 rings (SSSR count). The molecule has 2 nitrogen and oxygen atoms in total. The first kappa shape index (κ1) is 15.7. The second-order valence-corrected chi connectivity index (χ2v) is 15.5. The van der Waals surface area contributed by atoms with Crippen molar-refractivity contribution in [2.24, 2.45) is 4.99 Å². The molecule has 0 amide bonds. The average molecular weight is 271 g/mol. The highest BCUT2D eigenvalue weighted by Crippen LogP contribution is 2.29. The molecule has 0 aromatic rings. The minimum Gasteiger partial charge on any atom is -0.537 e. The minimum absolute atomic E-state index is 1.00. The van der Waals surface area contributed by atoms with Crippen LogP contribution in [0.25, 0.3) is 0 Å². The average Bonchev–Trinajstić information content (AvgIpc) is 1.90. The Kier molecular flexibility index (Phi) is 4.81. The summed E-state index contributed by atoms with van der Waals surface area (Å²) in [6.07, 6.45) is -3.27. The van der Waals surface area contributed by atoms with E-state index < -0.39 is 28.2 Å². The maximum Gasteiger partial charge on any atom is 0.407 e. The molecule has 0 spiro atoms. The van der Waals surface area contributed by atoms with Crippen LogP contribution in [0, 0.1) is 0 Å². The van der Waals surface area contributed by atoms with Crippen molar-refractivity contribution in [2.75, 3.05) is 0 Å². The summed E-state index contributed by atoms with van der Waals surface area (Å²) in [4.78, 5) is 3.58. The number of halogens is 3. The van der Waals surface area contributed by atoms with Crippen LogP contribution >= 0.6 is 0 Å². The fraction of sp³-hybridized carbons (Fsp3) is 0.889. The lowest BCUT2D eigenvalue weighted by Crippen LogP contribution is -2.47. The molecule has 1 unspecified atom stereocenters. The van der Waals surface area contributed by atoms with E-state index in [0.29, 0.717) is 0 Å². The van der Waals surface area contributed by atoms with Gasteiger partial charge in [-0.15, -0.1) is 0 Å². The summed E-state index contributed by atoms with van der Waals surface area (Å²) in [6, 6.07) is 0. The zero-order chi connectivity index (χ0) is 13.2. The smallest absolute Gasteiger partial charge is 0.407 e. The Labute approximate surface area is 97.0 Å². The molecular formula is C9H20F3NOSi2. The van der Waals surface area contributed by atoms with Crippen molar-refractivity contribution in [3.05, 3.63) is 0 Å². The van der Waals surface area contributed by atoms with Crippen molar-refractivity contribution >= 4 is 22.8 Å². The van der Waals surface area contributed by atoms with Crippen LogP contribution in [0.15, 0.2) is 4.99 Å². The Morgan fingerprint density at radius 1 is 1.06 bits per heavy atom. The van der Waals surface area contributed by atoms with E-state index in [9.17, 15) is 13.2 Å². The van der Waals surface area contributed by atoms with Crippen molar-refractivity contribution in [1.29, 1.82) is 0 Å². The molecule has 0 aliphatic heterocycles. The molecule has 0 saturated carbocycles. The maximum absolute atomic E-state index is 12.7. The predicted octanol–water partition coefficient (Wildman–Crippen LogP) is 3.67. The van der Waals surface area contributed by atoms with Crippen LogP contribution in [0.5, 0.6) is 0 Å². The van der Waals surface area contributed by atoms with E-state index in [2.05, 4.69) is 4.99 Å². The molecule has 0 N–H and O–H groups in total. The van der Waals surface area contributed by atoms with Gasteiger partial charge >= 0.3 is 6.18 Å². The zero-order valence-electron chi connectivity index (χ0n) is 10.6. The normalized spacial score (nSPS) is 16.6. The second kappa shape index (κ2) is 4.91. The Balaban J connectivity index is 4.72. The van der Waals surface area contributed by atoms with Crippen LogP contribution in [0.2, 0.25) is 39.3 Å². The third kappa shape index (κ3) is 6.31. The highest BCUT2D eigenvalue weighted by Gasteiger charge is 2.47. The van der Waals surface area contributed by atoms with E-state index >= 15 is 0 Å². The van der Waals surface area contributed by atoms with Gasteiger partial charge in [-0.1, -0.05) is 19.6 Å². The monoisotopic (exact) mass is 271 g/mol. The van der Waals surface area contributed by atoms with E-state index in [4.69, 9.17) is 4.43 Å². The molecule has 1 atom stereocenters. The number of aliphatic imine (C=N–C) groups is 1. The fourth-order valence-corrected chi connectivity index (χ4v) is 2.92. The molecule has 7 heteroatoms. The van der Waals surface area contributed by atoms with E-state index in [-0.39, 0.29) is 0 Å². The highest BCUT2D eigenvalue weighted by atomic mass is 28.4. The van der Waals surface area contributed by atoms with Crippen molar-refractivity contribution < 1.29 is 17.6 Å². The topological polar surface area (TPSA) is 21.6 Å². The van der Waals surface area contributed by atoms with Gasteiger partial charge in [-0.3, -0.25) is 4.99 Å². The zero-order valence-corrected chi connectivity index (χ0v) is 12.6. The van der Waals surface area contributed by atoms with Gasteiger partial charge in [0.2, 0.25) is 8.32 Å². The van der Waals surface area contributed by atoms with Crippen LogP contribution in [-0.4, -0.2) is 34.6 Å². The molecule has 0 fully saturated rings. The van der Waals surface area contributed by atoms with Crippen LogP contribution in [-0.2, 0) is 4.43 Å². The summed E-state index contributed by atoms with van der Waals surface area (Å²) >= 11 is 0. The highest BCUT2D eigenvalue weighted by molar-refractivity contribution is 6.78. The number of rotatable bonds is 4. The molecule has 16 heavy (non-hydrogen) atoms. The lowest BCUT2D eigenvalue weighted by molar-refractivity contribution is -0.131. The number of hydrogen-bond acceptors (Lipinski definition) is 2. The van der Waals surface area contributed by atoms with Gasteiger partial charge in [0.1, 0.15) is 5.67 Å². The Morgan fingerprint density at radius 2 is 1.50 bits per heavy atom. The number of nitrogens with zero attached hydrogens (tertiary/aromatic N) is 1. The summed E-state index contributed by atoms with van der Waals surface area (Å²) in [7, 11) is -4.25. The van der Waals surface area contributed by atoms with Gasteiger partial charge in [0.15, 0.2) is 6.40 Å². The second-order valence-electron chi connectivity index (χ2n) is 5.79. The standard InChI is InChI=1S/C9H20F3NOSi2/c1-15(2,3)8(9(10,11)12)13-7-14-16(4,5)6/h7-8H,1-6H3. The third-order valence-electron chi connectivity index (χ3n) is 1.75. The molecule has 0 bridgehead atoms. The Bertz CT molecular complexity index is 239. The van der Waals surface area contributed by atoms with E-state index in [1.165, 1.54) is 0 Å². The van der Waals surface area contributed by atoms with Gasteiger partial charge in [-0.05, 0) is 19.6 Å². The van der Waals surface area contributed by atoms with Gasteiger partial charge in [0, 0.05) is 0 Å². The first-order valence-electron chi connectivity index (χ1n) is 5.10. The first-order valence-corrected chi connectivity index (χ1v) is 12.1. The largest absolute Gasteiger partial charge is 0.537 e. The maximum atomic E-state index is 12.7. The predicted molar refractivity (Wildman–Crippen MR) is 66.1 cm³/mol. The molecule has 0 aliphatic carbocycles. The molecule has 96 valence electrons. The van der Waals surface area contributed by atoms with Crippen molar-refractivity contribution in [1.82, 2.24) is 0 Å². The number of hydrogen-bond donors (Lipinski definition) is 0. The summed E-state index contributed by atoms with van der Waals surface area (Å²) in [5, 5.41) is 0. The SMILES string of the molecule is C[Si](C)(C)OC=NC(C(F)(F)F)[Si](C)(C)C. The fourth-order valence-electron chi connectivity index (χ4n) is 1.05. The van der Waals surface area contributed by atoms with E-state index in [1.54, 1.807) is 19.6 Å². The number of alkyl halides is 3. The van der Waals surface area contributed by atoms with Gasteiger partial charge < -0.3 is 4.43 Å². The molecule has 0 aliphatic rings. The van der Waals surface area contributed by atoms with E-state index in [0.717, 1.165) is 6.40 Å². The molecule has 0 radical (unpaired) electrons. The molecule has 0 aromatic carbocycles. The van der Waals surface area contributed by atoms with Crippen LogP contribution in [0.4, 0.5) is 13.2 Å². The molecule has 0 aromatic heterocycles. The van der Waals surface area contributed by atoms with Crippen molar-refractivity contribution in [2.45, 2.75) is 51.1 Å². The summed E-state index contributed by atoms with van der Waals surface area (Å²) < 4.78 is 43.4. The third-order valence-corrected chi connectivity index (χ3v) is 4.68. The molecule has 0 saturated heterocycles. The lowest BCUT2D eigenvalue weighted by atomic mass is 10.6. The van der Waals surface area contributed by atoms with Crippen molar-refractivity contribution in [3.63, 3.8) is 0 Å². The van der Waals surface area contributed by atoms with Gasteiger partial charge in [-0.2, -0.15) is 13.2 Å².